The molecule has 0 aliphatic heterocycles. The SMILES string of the molecule is Cc1cc(OCCOCC(C)C)nc(NN)n1. The van der Waals surface area contributed by atoms with Gasteiger partial charge in [-0.3, -0.25) is 5.43 Å². The Kier molecular flexibility index (Phi) is 5.65. The van der Waals surface area contributed by atoms with Crippen LogP contribution in [-0.4, -0.2) is 29.8 Å². The van der Waals surface area contributed by atoms with E-state index in [-0.39, 0.29) is 0 Å². The first-order valence-electron chi connectivity index (χ1n) is 5.64. The van der Waals surface area contributed by atoms with E-state index < -0.39 is 0 Å². The number of aryl methyl sites for hydroxylation is 1. The molecular weight excluding hydrogens is 220 g/mol. The van der Waals surface area contributed by atoms with Gasteiger partial charge < -0.3 is 9.47 Å². The number of hydrogen-bond donors (Lipinski definition) is 2. The van der Waals surface area contributed by atoms with E-state index in [4.69, 9.17) is 15.3 Å². The van der Waals surface area contributed by atoms with Crippen LogP contribution in [0.3, 0.4) is 0 Å². The van der Waals surface area contributed by atoms with Crippen molar-refractivity contribution >= 4 is 5.95 Å². The Morgan fingerprint density at radius 2 is 2.12 bits per heavy atom. The molecule has 0 spiro atoms. The van der Waals surface area contributed by atoms with Crippen molar-refractivity contribution in [2.45, 2.75) is 20.8 Å². The second-order valence-corrected chi connectivity index (χ2v) is 4.13. The molecular formula is C11H20N4O2. The Bertz CT molecular complexity index is 344. The first-order chi connectivity index (χ1) is 8.11. The van der Waals surface area contributed by atoms with Gasteiger partial charge in [0.1, 0.15) is 6.61 Å². The summed E-state index contributed by atoms with van der Waals surface area (Å²) in [6.45, 7) is 7.81. The number of hydrogen-bond acceptors (Lipinski definition) is 6. The minimum Gasteiger partial charge on any atom is -0.475 e. The number of hydrazine groups is 1. The third-order valence-corrected chi connectivity index (χ3v) is 1.89. The van der Waals surface area contributed by atoms with E-state index >= 15 is 0 Å². The van der Waals surface area contributed by atoms with Gasteiger partial charge >= 0.3 is 0 Å². The molecule has 1 aromatic rings. The van der Waals surface area contributed by atoms with Crippen LogP contribution in [-0.2, 0) is 4.74 Å². The van der Waals surface area contributed by atoms with Gasteiger partial charge in [-0.05, 0) is 12.8 Å². The highest BCUT2D eigenvalue weighted by molar-refractivity contribution is 5.28. The maximum absolute atomic E-state index is 5.44. The van der Waals surface area contributed by atoms with Gasteiger partial charge in [-0.15, -0.1) is 0 Å². The highest BCUT2D eigenvalue weighted by Crippen LogP contribution is 2.10. The molecule has 0 aliphatic carbocycles. The second kappa shape index (κ2) is 7.03. The number of nitrogens with zero attached hydrogens (tertiary/aromatic N) is 2. The topological polar surface area (TPSA) is 82.3 Å². The van der Waals surface area contributed by atoms with Crippen molar-refractivity contribution in [1.29, 1.82) is 0 Å². The van der Waals surface area contributed by atoms with Crippen LogP contribution in [0.5, 0.6) is 5.88 Å². The highest BCUT2D eigenvalue weighted by atomic mass is 16.5. The van der Waals surface area contributed by atoms with Crippen molar-refractivity contribution < 1.29 is 9.47 Å². The summed E-state index contributed by atoms with van der Waals surface area (Å²) < 4.78 is 10.8. The molecule has 0 aliphatic rings. The van der Waals surface area contributed by atoms with E-state index in [0.717, 1.165) is 12.3 Å². The standard InChI is InChI=1S/C11H20N4O2/c1-8(2)7-16-4-5-17-10-6-9(3)13-11(14-10)15-12/h6,8H,4-5,7,12H2,1-3H3,(H,13,14,15). The van der Waals surface area contributed by atoms with Crippen LogP contribution >= 0.6 is 0 Å². The second-order valence-electron chi connectivity index (χ2n) is 4.13. The number of rotatable bonds is 7. The summed E-state index contributed by atoms with van der Waals surface area (Å²) in [4.78, 5) is 8.12. The molecule has 1 rings (SSSR count). The van der Waals surface area contributed by atoms with Gasteiger partial charge in [-0.2, -0.15) is 4.98 Å². The van der Waals surface area contributed by atoms with Crippen molar-refractivity contribution in [1.82, 2.24) is 9.97 Å². The number of nitrogens with one attached hydrogen (secondary N) is 1. The third kappa shape index (κ3) is 5.46. The lowest BCUT2D eigenvalue weighted by atomic mass is 10.2. The van der Waals surface area contributed by atoms with Gasteiger partial charge in [-0.25, -0.2) is 10.8 Å². The number of nitrogens with two attached hydrogens (primary N) is 1. The number of aromatic nitrogens is 2. The summed E-state index contributed by atoms with van der Waals surface area (Å²) in [7, 11) is 0. The monoisotopic (exact) mass is 240 g/mol. The van der Waals surface area contributed by atoms with Crippen LogP contribution < -0.4 is 16.0 Å². The van der Waals surface area contributed by atoms with Gasteiger partial charge in [0, 0.05) is 18.4 Å². The van der Waals surface area contributed by atoms with Crippen LogP contribution in [0.4, 0.5) is 5.95 Å². The Morgan fingerprint density at radius 3 is 2.76 bits per heavy atom. The van der Waals surface area contributed by atoms with Crippen molar-refractivity contribution in [2.75, 3.05) is 25.2 Å². The molecule has 0 bridgehead atoms. The fourth-order valence-electron chi connectivity index (χ4n) is 1.20. The van der Waals surface area contributed by atoms with Crippen molar-refractivity contribution in [3.05, 3.63) is 11.8 Å². The van der Waals surface area contributed by atoms with Crippen molar-refractivity contribution in [2.24, 2.45) is 11.8 Å². The minimum atomic E-state index is 0.350. The van der Waals surface area contributed by atoms with Crippen LogP contribution in [0.25, 0.3) is 0 Å². The highest BCUT2D eigenvalue weighted by Gasteiger charge is 2.02. The quantitative estimate of drug-likeness (QED) is 0.422. The van der Waals surface area contributed by atoms with E-state index in [1.165, 1.54) is 0 Å². The number of nitrogen functional groups attached to an aromatic ring is 1. The summed E-state index contributed by atoms with van der Waals surface area (Å²) in [5, 5.41) is 0. The summed E-state index contributed by atoms with van der Waals surface area (Å²) in [6.07, 6.45) is 0. The van der Waals surface area contributed by atoms with E-state index in [9.17, 15) is 0 Å². The van der Waals surface area contributed by atoms with E-state index in [1.54, 1.807) is 6.07 Å². The van der Waals surface area contributed by atoms with Crippen LogP contribution in [0.2, 0.25) is 0 Å². The Morgan fingerprint density at radius 1 is 1.35 bits per heavy atom. The average Bonchev–Trinajstić information content (AvgIpc) is 2.27. The van der Waals surface area contributed by atoms with Crippen molar-refractivity contribution in [3.8, 4) is 5.88 Å². The van der Waals surface area contributed by atoms with E-state index in [1.807, 2.05) is 6.92 Å². The molecule has 0 fully saturated rings. The first-order valence-corrected chi connectivity index (χ1v) is 5.64. The lowest BCUT2D eigenvalue weighted by Crippen LogP contribution is -2.14. The molecule has 3 N–H and O–H groups in total. The molecule has 6 heteroatoms. The lowest BCUT2D eigenvalue weighted by molar-refractivity contribution is 0.0806. The predicted octanol–water partition coefficient (Wildman–Crippen LogP) is 1.12. The Labute approximate surface area is 102 Å². The van der Waals surface area contributed by atoms with Crippen LogP contribution in [0.1, 0.15) is 19.5 Å². The molecule has 0 unspecified atom stereocenters. The average molecular weight is 240 g/mol. The molecule has 0 radical (unpaired) electrons. The fraction of sp³-hybridized carbons (Fsp3) is 0.636. The van der Waals surface area contributed by atoms with Crippen LogP contribution in [0, 0.1) is 12.8 Å². The molecule has 96 valence electrons. The molecule has 0 atom stereocenters. The smallest absolute Gasteiger partial charge is 0.240 e. The zero-order valence-electron chi connectivity index (χ0n) is 10.6. The molecule has 0 saturated heterocycles. The summed E-state index contributed by atoms with van der Waals surface area (Å²) in [5.74, 6) is 6.62. The number of ether oxygens (including phenoxy) is 2. The van der Waals surface area contributed by atoms with Gasteiger partial charge in [0.25, 0.3) is 0 Å². The minimum absolute atomic E-state index is 0.350. The summed E-state index contributed by atoms with van der Waals surface area (Å²) >= 11 is 0. The molecule has 17 heavy (non-hydrogen) atoms. The zero-order chi connectivity index (χ0) is 12.7. The Hall–Kier alpha value is -1.40. The van der Waals surface area contributed by atoms with Gasteiger partial charge in [0.05, 0.1) is 6.61 Å². The molecule has 1 heterocycles. The molecule has 1 aromatic heterocycles. The molecule has 0 amide bonds. The number of anilines is 1. The summed E-state index contributed by atoms with van der Waals surface area (Å²) in [6, 6.07) is 1.75. The normalized spacial score (nSPS) is 10.6. The van der Waals surface area contributed by atoms with Gasteiger partial charge in [0.2, 0.25) is 11.8 Å². The Balaban J connectivity index is 2.33. The van der Waals surface area contributed by atoms with Crippen molar-refractivity contribution in [3.63, 3.8) is 0 Å². The zero-order valence-corrected chi connectivity index (χ0v) is 10.6. The maximum atomic E-state index is 5.44. The van der Waals surface area contributed by atoms with Gasteiger partial charge in [-0.1, -0.05) is 13.8 Å². The largest absolute Gasteiger partial charge is 0.475 e. The fourth-order valence-corrected chi connectivity index (χ4v) is 1.20. The first kappa shape index (κ1) is 13.7. The van der Waals surface area contributed by atoms with Crippen LogP contribution in [0.15, 0.2) is 6.07 Å². The third-order valence-electron chi connectivity index (χ3n) is 1.89. The lowest BCUT2D eigenvalue weighted by Gasteiger charge is -2.09. The van der Waals surface area contributed by atoms with E-state index in [2.05, 4.69) is 29.2 Å². The predicted molar refractivity (Wildman–Crippen MR) is 65.7 cm³/mol. The molecule has 6 nitrogen and oxygen atoms in total. The van der Waals surface area contributed by atoms with E-state index in [0.29, 0.717) is 31.0 Å². The molecule has 0 saturated carbocycles. The molecule has 0 aromatic carbocycles. The summed E-state index contributed by atoms with van der Waals surface area (Å²) in [5.41, 5.74) is 3.19. The maximum Gasteiger partial charge on any atom is 0.240 e. The van der Waals surface area contributed by atoms with Gasteiger partial charge in [0.15, 0.2) is 0 Å².